The van der Waals surface area contributed by atoms with Gasteiger partial charge in [-0.15, -0.1) is 0 Å². The molecular weight excluding hydrogens is 190 g/mol. The van der Waals surface area contributed by atoms with Crippen LogP contribution in [0.4, 0.5) is 0 Å². The van der Waals surface area contributed by atoms with Crippen molar-refractivity contribution in [3.63, 3.8) is 0 Å². The number of benzene rings is 1. The predicted molar refractivity (Wildman–Crippen MR) is 57.8 cm³/mol. The Kier molecular flexibility index (Phi) is 2.08. The molecule has 0 heterocycles. The van der Waals surface area contributed by atoms with Gasteiger partial charge in [0.15, 0.2) is 0 Å². The fourth-order valence-corrected chi connectivity index (χ4v) is 1.91. The number of rotatable bonds is 2. The van der Waals surface area contributed by atoms with Crippen molar-refractivity contribution >= 4 is 5.97 Å². The van der Waals surface area contributed by atoms with Gasteiger partial charge >= 0.3 is 5.97 Å². The predicted octanol–water partition coefficient (Wildman–Crippen LogP) is 1.57. The summed E-state index contributed by atoms with van der Waals surface area (Å²) in [6.45, 7) is 4.07. The number of carboxylic acids is 1. The standard InChI is InChI=1S/C12H15NO2/c1-7-3-4-9(5-8(7)2)10-6-12(10,13)11(14)15/h3-5,10H,6,13H2,1-2H3,(H,14,15)/t10-,12-/m1/s1. The van der Waals surface area contributed by atoms with Gasteiger partial charge in [0, 0.05) is 5.92 Å². The molecule has 1 aromatic rings. The van der Waals surface area contributed by atoms with E-state index in [2.05, 4.69) is 0 Å². The van der Waals surface area contributed by atoms with Gasteiger partial charge in [0.1, 0.15) is 5.54 Å². The molecule has 2 atom stereocenters. The molecule has 3 nitrogen and oxygen atoms in total. The van der Waals surface area contributed by atoms with Crippen LogP contribution >= 0.6 is 0 Å². The quantitative estimate of drug-likeness (QED) is 0.770. The molecule has 2 rings (SSSR count). The Labute approximate surface area is 88.9 Å². The highest BCUT2D eigenvalue weighted by Gasteiger charge is 2.58. The maximum absolute atomic E-state index is 10.9. The third-order valence-electron chi connectivity index (χ3n) is 3.34. The lowest BCUT2D eigenvalue weighted by Gasteiger charge is -2.07. The smallest absolute Gasteiger partial charge is 0.324 e. The number of carboxylic acid groups (broad SMARTS) is 1. The summed E-state index contributed by atoms with van der Waals surface area (Å²) < 4.78 is 0. The van der Waals surface area contributed by atoms with E-state index in [1.165, 1.54) is 11.1 Å². The Hall–Kier alpha value is -1.35. The number of carbonyl (C=O) groups is 1. The van der Waals surface area contributed by atoms with Gasteiger partial charge in [-0.2, -0.15) is 0 Å². The van der Waals surface area contributed by atoms with Crippen molar-refractivity contribution in [2.24, 2.45) is 5.73 Å². The third-order valence-corrected chi connectivity index (χ3v) is 3.34. The molecule has 0 amide bonds. The Balaban J connectivity index is 2.27. The summed E-state index contributed by atoms with van der Waals surface area (Å²) in [5, 5.41) is 8.94. The van der Waals surface area contributed by atoms with Crippen LogP contribution in [0.1, 0.15) is 29.0 Å². The van der Waals surface area contributed by atoms with Gasteiger partial charge in [-0.05, 0) is 37.0 Å². The van der Waals surface area contributed by atoms with Gasteiger partial charge in [0.2, 0.25) is 0 Å². The molecule has 0 spiro atoms. The minimum atomic E-state index is -1.03. The number of aryl methyl sites for hydroxylation is 2. The van der Waals surface area contributed by atoms with Gasteiger partial charge in [0.05, 0.1) is 0 Å². The number of hydrogen-bond acceptors (Lipinski definition) is 2. The van der Waals surface area contributed by atoms with E-state index in [-0.39, 0.29) is 5.92 Å². The molecule has 1 fully saturated rings. The lowest BCUT2D eigenvalue weighted by atomic mass is 10.0. The SMILES string of the molecule is Cc1ccc([C@H]2C[C@]2(N)C(=O)O)cc1C. The van der Waals surface area contributed by atoms with Gasteiger partial charge in [-0.25, -0.2) is 0 Å². The first-order valence-corrected chi connectivity index (χ1v) is 5.04. The minimum absolute atomic E-state index is 0.0192. The van der Waals surface area contributed by atoms with Crippen molar-refractivity contribution in [3.8, 4) is 0 Å². The molecule has 80 valence electrons. The van der Waals surface area contributed by atoms with Crippen molar-refractivity contribution in [2.75, 3.05) is 0 Å². The molecule has 0 radical (unpaired) electrons. The van der Waals surface area contributed by atoms with E-state index in [4.69, 9.17) is 10.8 Å². The Morgan fingerprint density at radius 2 is 2.13 bits per heavy atom. The zero-order chi connectivity index (χ0) is 11.2. The highest BCUT2D eigenvalue weighted by atomic mass is 16.4. The number of aliphatic carboxylic acids is 1. The number of nitrogens with two attached hydrogens (primary N) is 1. The third kappa shape index (κ3) is 1.53. The molecule has 0 aliphatic heterocycles. The molecule has 0 unspecified atom stereocenters. The monoisotopic (exact) mass is 205 g/mol. The Morgan fingerprint density at radius 3 is 2.60 bits per heavy atom. The largest absolute Gasteiger partial charge is 0.480 e. The van der Waals surface area contributed by atoms with Crippen LogP contribution in [0.3, 0.4) is 0 Å². The molecule has 3 N–H and O–H groups in total. The summed E-state index contributed by atoms with van der Waals surface area (Å²) in [6.07, 6.45) is 0.546. The maximum Gasteiger partial charge on any atom is 0.324 e. The normalized spacial score (nSPS) is 28.9. The molecule has 1 saturated carbocycles. The van der Waals surface area contributed by atoms with Crippen molar-refractivity contribution in [1.82, 2.24) is 0 Å². The molecule has 3 heteroatoms. The molecule has 1 aromatic carbocycles. The Bertz CT molecular complexity index is 428. The van der Waals surface area contributed by atoms with Crippen LogP contribution < -0.4 is 5.73 Å². The minimum Gasteiger partial charge on any atom is -0.480 e. The highest BCUT2D eigenvalue weighted by molar-refractivity contribution is 5.84. The van der Waals surface area contributed by atoms with E-state index in [9.17, 15) is 4.79 Å². The fourth-order valence-electron chi connectivity index (χ4n) is 1.91. The van der Waals surface area contributed by atoms with Crippen LogP contribution in [0.25, 0.3) is 0 Å². The van der Waals surface area contributed by atoms with E-state index < -0.39 is 11.5 Å². The topological polar surface area (TPSA) is 63.3 Å². The van der Waals surface area contributed by atoms with E-state index >= 15 is 0 Å². The van der Waals surface area contributed by atoms with Gasteiger partial charge < -0.3 is 10.8 Å². The summed E-state index contributed by atoms with van der Waals surface area (Å²) >= 11 is 0. The molecule has 1 aliphatic carbocycles. The lowest BCUT2D eigenvalue weighted by molar-refractivity contribution is -0.139. The number of hydrogen-bond donors (Lipinski definition) is 2. The summed E-state index contributed by atoms with van der Waals surface area (Å²) in [5.74, 6) is -0.917. The molecule has 0 bridgehead atoms. The van der Waals surface area contributed by atoms with Crippen molar-refractivity contribution < 1.29 is 9.90 Å². The second kappa shape index (κ2) is 3.07. The van der Waals surface area contributed by atoms with E-state index in [0.717, 1.165) is 5.56 Å². The first-order chi connectivity index (χ1) is 6.95. The zero-order valence-electron chi connectivity index (χ0n) is 8.95. The second-order valence-corrected chi connectivity index (χ2v) is 4.45. The second-order valence-electron chi connectivity index (χ2n) is 4.45. The lowest BCUT2D eigenvalue weighted by Crippen LogP contribution is -2.34. The van der Waals surface area contributed by atoms with E-state index in [0.29, 0.717) is 6.42 Å². The average molecular weight is 205 g/mol. The summed E-state index contributed by atoms with van der Waals surface area (Å²) in [6, 6.07) is 6.04. The molecule has 0 aromatic heterocycles. The van der Waals surface area contributed by atoms with Gasteiger partial charge in [0.25, 0.3) is 0 Å². The fraction of sp³-hybridized carbons (Fsp3) is 0.417. The molecular formula is C12H15NO2. The first kappa shape index (κ1) is 10.2. The van der Waals surface area contributed by atoms with Crippen molar-refractivity contribution in [3.05, 3.63) is 34.9 Å². The van der Waals surface area contributed by atoms with Crippen molar-refractivity contribution in [1.29, 1.82) is 0 Å². The van der Waals surface area contributed by atoms with Crippen LogP contribution in [0, 0.1) is 13.8 Å². The zero-order valence-corrected chi connectivity index (χ0v) is 8.95. The van der Waals surface area contributed by atoms with Crippen LogP contribution in [-0.2, 0) is 4.79 Å². The molecule has 1 aliphatic rings. The highest BCUT2D eigenvalue weighted by Crippen LogP contribution is 2.49. The average Bonchev–Trinajstić information content (AvgIpc) is 2.85. The summed E-state index contributed by atoms with van der Waals surface area (Å²) in [4.78, 5) is 10.9. The molecule has 0 saturated heterocycles. The van der Waals surface area contributed by atoms with Gasteiger partial charge in [-0.1, -0.05) is 18.2 Å². The van der Waals surface area contributed by atoms with E-state index in [1.807, 2.05) is 32.0 Å². The summed E-state index contributed by atoms with van der Waals surface area (Å²) in [7, 11) is 0. The van der Waals surface area contributed by atoms with Crippen LogP contribution in [0.5, 0.6) is 0 Å². The van der Waals surface area contributed by atoms with Crippen LogP contribution in [0.15, 0.2) is 18.2 Å². The maximum atomic E-state index is 10.9. The van der Waals surface area contributed by atoms with Gasteiger partial charge in [-0.3, -0.25) is 4.79 Å². The molecule has 15 heavy (non-hydrogen) atoms. The van der Waals surface area contributed by atoms with Crippen LogP contribution in [0.2, 0.25) is 0 Å². The van der Waals surface area contributed by atoms with E-state index in [1.54, 1.807) is 0 Å². The van der Waals surface area contributed by atoms with Crippen molar-refractivity contribution in [2.45, 2.75) is 31.7 Å². The first-order valence-electron chi connectivity index (χ1n) is 5.04. The summed E-state index contributed by atoms with van der Waals surface area (Å²) in [5.41, 5.74) is 8.18. The Morgan fingerprint density at radius 1 is 1.47 bits per heavy atom. The van der Waals surface area contributed by atoms with Crippen LogP contribution in [-0.4, -0.2) is 16.6 Å².